The molecule has 2 fully saturated rings. The van der Waals surface area contributed by atoms with Gasteiger partial charge in [0.05, 0.1) is 15.8 Å². The lowest BCUT2D eigenvalue weighted by Gasteiger charge is -2.35. The molecule has 2 N–H and O–H groups in total. The second-order valence-electron chi connectivity index (χ2n) is 10.9. The molecule has 0 aliphatic carbocycles. The number of rotatable bonds is 6. The first-order valence-corrected chi connectivity index (χ1v) is 14.8. The fraction of sp³-hybridized carbons (Fsp3) is 0.379. The van der Waals surface area contributed by atoms with E-state index in [1.54, 1.807) is 16.8 Å². The zero-order chi connectivity index (χ0) is 32.2. The summed E-state index contributed by atoms with van der Waals surface area (Å²) in [6.07, 6.45) is -4.75. The summed E-state index contributed by atoms with van der Waals surface area (Å²) in [7, 11) is 1.73. The zero-order valence-corrected chi connectivity index (χ0v) is 24.7. The highest BCUT2D eigenvalue weighted by atomic mass is 32.1. The Hall–Kier alpha value is -4.18. The van der Waals surface area contributed by atoms with Crippen LogP contribution < -0.4 is 15.4 Å². The zero-order valence-electron chi connectivity index (χ0n) is 23.9. The van der Waals surface area contributed by atoms with E-state index in [0.717, 1.165) is 29.5 Å². The van der Waals surface area contributed by atoms with Crippen LogP contribution in [-0.4, -0.2) is 89.3 Å². The van der Waals surface area contributed by atoms with Crippen LogP contribution in [0.2, 0.25) is 0 Å². The highest BCUT2D eigenvalue weighted by Gasteiger charge is 2.39. The van der Waals surface area contributed by atoms with Gasteiger partial charge in [-0.2, -0.15) is 23.1 Å². The lowest BCUT2D eigenvalue weighted by molar-refractivity contribution is -0.137. The molecule has 4 heterocycles. The number of alkyl halides is 4. The number of carbonyl (C=O) groups excluding carboxylic acids is 1. The van der Waals surface area contributed by atoms with Crippen molar-refractivity contribution < 1.29 is 35.9 Å². The van der Waals surface area contributed by atoms with Crippen LogP contribution in [0.4, 0.5) is 37.3 Å². The van der Waals surface area contributed by atoms with Gasteiger partial charge in [-0.05, 0) is 37.7 Å². The molecule has 2 aliphatic heterocycles. The number of nitrogens with zero attached hydrogens (tertiary/aromatic N) is 6. The Bertz CT molecular complexity index is 1810. The number of thiazole rings is 1. The average Bonchev–Trinajstić information content (AvgIpc) is 3.56. The number of fused-ring (bicyclic) bond motifs is 2. The molecule has 0 spiro atoms. The minimum absolute atomic E-state index is 0.0260. The monoisotopic (exact) mass is 651 g/mol. The van der Waals surface area contributed by atoms with E-state index in [4.69, 9.17) is 10.5 Å². The second kappa shape index (κ2) is 11.6. The molecule has 2 atom stereocenters. The van der Waals surface area contributed by atoms with E-state index in [9.17, 15) is 26.7 Å². The van der Waals surface area contributed by atoms with Crippen LogP contribution in [0.1, 0.15) is 12.0 Å². The first-order chi connectivity index (χ1) is 21.3. The third kappa shape index (κ3) is 5.72. The van der Waals surface area contributed by atoms with Crippen LogP contribution in [0, 0.1) is 11.6 Å². The van der Waals surface area contributed by atoms with E-state index in [0.29, 0.717) is 0 Å². The Labute approximate surface area is 256 Å². The quantitative estimate of drug-likeness (QED) is 0.229. The Morgan fingerprint density at radius 1 is 1.16 bits per heavy atom. The van der Waals surface area contributed by atoms with Gasteiger partial charge in [0, 0.05) is 55.3 Å². The number of carbonyl (C=O) groups is 1. The molecule has 2 saturated heterocycles. The summed E-state index contributed by atoms with van der Waals surface area (Å²) in [5, 5.41) is -0.342. The van der Waals surface area contributed by atoms with E-state index in [2.05, 4.69) is 21.5 Å². The van der Waals surface area contributed by atoms with Crippen molar-refractivity contribution in [1.29, 1.82) is 0 Å². The summed E-state index contributed by atoms with van der Waals surface area (Å²) in [6.45, 7) is 4.40. The number of benzene rings is 2. The van der Waals surface area contributed by atoms with Crippen LogP contribution in [0.5, 0.6) is 6.01 Å². The molecule has 1 unspecified atom stereocenters. The molecule has 1 amide bonds. The Morgan fingerprint density at radius 3 is 2.53 bits per heavy atom. The number of nitrogen functional groups attached to an aromatic ring is 1. The number of likely N-dealkylation sites (N-methyl/N-ethyl adjacent to an activating group) is 1. The molecule has 16 heteroatoms. The number of amides is 1. The van der Waals surface area contributed by atoms with Gasteiger partial charge in [-0.3, -0.25) is 9.69 Å². The number of aromatic nitrogens is 3. The number of anilines is 2. The molecule has 6 rings (SSSR count). The van der Waals surface area contributed by atoms with Gasteiger partial charge in [0.1, 0.15) is 29.9 Å². The maximum absolute atomic E-state index is 16.6. The van der Waals surface area contributed by atoms with Gasteiger partial charge in [0.15, 0.2) is 10.9 Å². The second-order valence-corrected chi connectivity index (χ2v) is 11.9. The first kappa shape index (κ1) is 30.8. The van der Waals surface area contributed by atoms with E-state index >= 15 is 4.39 Å². The van der Waals surface area contributed by atoms with Crippen molar-refractivity contribution in [2.75, 3.05) is 57.0 Å². The highest BCUT2D eigenvalue weighted by Crippen LogP contribution is 2.46. The van der Waals surface area contributed by atoms with Crippen LogP contribution in [0.3, 0.4) is 0 Å². The van der Waals surface area contributed by atoms with Crippen molar-refractivity contribution in [3.8, 4) is 17.1 Å². The summed E-state index contributed by atoms with van der Waals surface area (Å²) in [5.74, 6) is -2.43. The molecular formula is C29H27F6N7O2S. The third-order valence-corrected chi connectivity index (χ3v) is 8.98. The molecule has 2 aliphatic rings. The SMILES string of the molecule is C=CC(=O)N1CCN(c2nc(OC[C@@H]3CC(F)CN3C)nc3c(F)c(-c4ccc(F)c5sc(N)nc45)c(C(F)(F)F)cc23)CC1. The molecule has 0 saturated carbocycles. The van der Waals surface area contributed by atoms with Crippen molar-refractivity contribution in [3.05, 3.63) is 48.1 Å². The Morgan fingerprint density at radius 2 is 1.89 bits per heavy atom. The number of piperazine rings is 1. The van der Waals surface area contributed by atoms with Crippen molar-refractivity contribution in [2.24, 2.45) is 0 Å². The number of nitrogens with two attached hydrogens (primary N) is 1. The normalized spacial score (nSPS) is 19.5. The first-order valence-electron chi connectivity index (χ1n) is 14.0. The molecule has 45 heavy (non-hydrogen) atoms. The maximum Gasteiger partial charge on any atom is 0.417 e. The van der Waals surface area contributed by atoms with Gasteiger partial charge in [0.2, 0.25) is 5.91 Å². The number of hydrogen-bond acceptors (Lipinski definition) is 9. The molecule has 2 aromatic carbocycles. The molecule has 0 radical (unpaired) electrons. The lowest BCUT2D eigenvalue weighted by atomic mass is 9.95. The molecule has 238 valence electrons. The smallest absolute Gasteiger partial charge is 0.417 e. The summed E-state index contributed by atoms with van der Waals surface area (Å²) in [4.78, 5) is 29.6. The molecule has 0 bridgehead atoms. The van der Waals surface area contributed by atoms with E-state index in [1.165, 1.54) is 11.0 Å². The van der Waals surface area contributed by atoms with Crippen molar-refractivity contribution in [3.63, 3.8) is 0 Å². The van der Waals surface area contributed by atoms with E-state index in [1.807, 2.05) is 0 Å². The van der Waals surface area contributed by atoms with Gasteiger partial charge in [-0.25, -0.2) is 18.2 Å². The van der Waals surface area contributed by atoms with Crippen molar-refractivity contribution in [1.82, 2.24) is 24.8 Å². The van der Waals surface area contributed by atoms with E-state index in [-0.39, 0.29) is 95.8 Å². The number of hydrogen-bond donors (Lipinski definition) is 1. The molecular weight excluding hydrogens is 624 g/mol. The maximum atomic E-state index is 16.6. The third-order valence-electron chi connectivity index (χ3n) is 8.08. The largest absolute Gasteiger partial charge is 0.462 e. The van der Waals surface area contributed by atoms with Gasteiger partial charge >= 0.3 is 12.2 Å². The summed E-state index contributed by atoms with van der Waals surface area (Å²) >= 11 is 0.728. The number of halogens is 6. The highest BCUT2D eigenvalue weighted by molar-refractivity contribution is 7.22. The van der Waals surface area contributed by atoms with Gasteiger partial charge in [-0.1, -0.05) is 17.9 Å². The summed E-state index contributed by atoms with van der Waals surface area (Å²) in [6, 6.07) is 2.07. The number of likely N-dealkylation sites (tertiary alicyclic amines) is 1. The van der Waals surface area contributed by atoms with Gasteiger partial charge in [-0.15, -0.1) is 0 Å². The predicted octanol–water partition coefficient (Wildman–Crippen LogP) is 5.04. The minimum atomic E-state index is -5.05. The van der Waals surface area contributed by atoms with Crippen LogP contribution in [0.25, 0.3) is 32.2 Å². The van der Waals surface area contributed by atoms with Crippen molar-refractivity contribution in [2.45, 2.75) is 24.8 Å². The van der Waals surface area contributed by atoms with Crippen LogP contribution in [0.15, 0.2) is 30.9 Å². The molecule has 4 aromatic rings. The van der Waals surface area contributed by atoms with Gasteiger partial charge in [0.25, 0.3) is 0 Å². The lowest BCUT2D eigenvalue weighted by Crippen LogP contribution is -2.48. The standard InChI is InChI=1S/C29H27F6N7O2S/c1-3-20(43)41-6-8-42(9-7-41)26-17-11-18(29(33,34)35)21(16-4-5-19(31)25-24(16)37-27(36)45-25)22(32)23(17)38-28(39-26)44-13-15-10-14(30)12-40(15)2/h3-5,11,14-15H,1,6-10,12-13H2,2H3,(H2,36,37)/t14?,15-/m0/s1. The molecule has 9 nitrogen and oxygen atoms in total. The fourth-order valence-electron chi connectivity index (χ4n) is 5.82. The average molecular weight is 652 g/mol. The van der Waals surface area contributed by atoms with Crippen LogP contribution in [-0.2, 0) is 11.0 Å². The Balaban J connectivity index is 1.53. The fourth-order valence-corrected chi connectivity index (χ4v) is 6.59. The van der Waals surface area contributed by atoms with Crippen LogP contribution >= 0.6 is 11.3 Å². The van der Waals surface area contributed by atoms with E-state index < -0.39 is 40.6 Å². The number of ether oxygens (including phenoxy) is 1. The van der Waals surface area contributed by atoms with Crippen molar-refractivity contribution >= 4 is 49.3 Å². The topological polar surface area (TPSA) is 101 Å². The Kier molecular flexibility index (Phi) is 7.97. The summed E-state index contributed by atoms with van der Waals surface area (Å²) in [5.41, 5.74) is 2.53. The molecule has 2 aromatic heterocycles. The summed E-state index contributed by atoms with van der Waals surface area (Å²) < 4.78 is 94.9. The van der Waals surface area contributed by atoms with Gasteiger partial charge < -0.3 is 20.3 Å². The predicted molar refractivity (Wildman–Crippen MR) is 158 cm³/mol. The minimum Gasteiger partial charge on any atom is -0.462 e.